The lowest BCUT2D eigenvalue weighted by molar-refractivity contribution is 1.00. The molecule has 1 heterocycles. The molecular weight excluding hydrogens is 508 g/mol. The highest BCUT2D eigenvalue weighted by atomic mass is 15.1. The Hall–Kier alpha value is -5.47. The molecule has 8 aromatic rings. The molecule has 0 fully saturated rings. The molecule has 0 spiro atoms. The fourth-order valence-electron chi connectivity index (χ4n) is 6.31. The van der Waals surface area contributed by atoms with Crippen molar-refractivity contribution in [1.82, 2.24) is 9.55 Å². The summed E-state index contributed by atoms with van der Waals surface area (Å²) in [5, 5.41) is 4.13. The summed E-state index contributed by atoms with van der Waals surface area (Å²) in [7, 11) is 0. The lowest BCUT2D eigenvalue weighted by Gasteiger charge is -2.20. The molecular formula is C40H28N2. The lowest BCUT2D eigenvalue weighted by atomic mass is 9.84. The van der Waals surface area contributed by atoms with Crippen LogP contribution in [0.2, 0.25) is 0 Å². The van der Waals surface area contributed by atoms with Crippen LogP contribution in [0.4, 0.5) is 0 Å². The van der Waals surface area contributed by atoms with Crippen molar-refractivity contribution in [3.8, 4) is 39.1 Å². The largest absolute Gasteiger partial charge is 0.297 e. The third-order valence-corrected chi connectivity index (χ3v) is 8.02. The van der Waals surface area contributed by atoms with Crippen molar-refractivity contribution < 1.29 is 6.85 Å². The molecule has 0 aliphatic rings. The maximum Gasteiger partial charge on any atom is 0.111 e. The Labute approximate surface area is 252 Å². The minimum Gasteiger partial charge on any atom is -0.297 e. The fraction of sp³-hybridized carbons (Fsp3) is 0.0250. The second-order valence-corrected chi connectivity index (χ2v) is 10.4. The van der Waals surface area contributed by atoms with Crippen molar-refractivity contribution in [2.45, 2.75) is 6.92 Å². The molecule has 0 aliphatic heterocycles. The number of nitrogens with zero attached hydrogens (tertiary/aromatic N) is 2. The molecule has 0 amide bonds. The smallest absolute Gasteiger partial charge is 0.111 e. The highest BCUT2D eigenvalue weighted by molar-refractivity contribution is 6.22. The summed E-state index contributed by atoms with van der Waals surface area (Å²) < 4.78 is 44.6. The highest BCUT2D eigenvalue weighted by Crippen LogP contribution is 2.46. The number of aryl methyl sites for hydroxylation is 1. The average Bonchev–Trinajstić information content (AvgIpc) is 3.45. The standard InChI is InChI=1S/C40H28N2/c1-27-41-37-24-11-12-25-38(37)42(27)30-17-13-16-29(26-30)39-33-20-7-9-22-35(33)40(36-23-10-8-21-34(36)39)32-19-6-5-18-31(32)28-14-3-2-4-15-28/h2-26H,1H3/i2D,3D,4D,14D,15D. The molecule has 0 aliphatic carbocycles. The summed E-state index contributed by atoms with van der Waals surface area (Å²) >= 11 is 0. The maximum absolute atomic E-state index is 8.77. The van der Waals surface area contributed by atoms with Gasteiger partial charge in [0.1, 0.15) is 5.82 Å². The molecule has 0 radical (unpaired) electrons. The van der Waals surface area contributed by atoms with Crippen LogP contribution in [0.5, 0.6) is 0 Å². The van der Waals surface area contributed by atoms with Crippen LogP contribution in [-0.2, 0) is 0 Å². The number of fused-ring (bicyclic) bond motifs is 3. The highest BCUT2D eigenvalue weighted by Gasteiger charge is 2.19. The Bertz CT molecular complexity index is 2460. The van der Waals surface area contributed by atoms with Gasteiger partial charge in [0, 0.05) is 5.69 Å². The van der Waals surface area contributed by atoms with Crippen molar-refractivity contribution in [3.63, 3.8) is 0 Å². The quantitative estimate of drug-likeness (QED) is 0.203. The van der Waals surface area contributed by atoms with Gasteiger partial charge in [-0.3, -0.25) is 4.57 Å². The van der Waals surface area contributed by atoms with Gasteiger partial charge in [0.2, 0.25) is 0 Å². The number of aromatic nitrogens is 2. The zero-order valence-electron chi connectivity index (χ0n) is 27.9. The Morgan fingerprint density at radius 3 is 1.86 bits per heavy atom. The zero-order chi connectivity index (χ0) is 32.4. The van der Waals surface area contributed by atoms with Gasteiger partial charge in [0.25, 0.3) is 0 Å². The maximum atomic E-state index is 8.77. The first kappa shape index (κ1) is 19.6. The summed E-state index contributed by atoms with van der Waals surface area (Å²) in [4.78, 5) is 4.80. The minimum absolute atomic E-state index is 0.194. The molecule has 7 aromatic carbocycles. The van der Waals surface area contributed by atoms with Crippen LogP contribution in [0.1, 0.15) is 12.7 Å². The summed E-state index contributed by atoms with van der Waals surface area (Å²) in [5.41, 5.74) is 7.75. The van der Waals surface area contributed by atoms with Gasteiger partial charge in [-0.2, -0.15) is 0 Å². The monoisotopic (exact) mass is 541 g/mol. The first-order valence-electron chi connectivity index (χ1n) is 16.5. The number of hydrogen-bond acceptors (Lipinski definition) is 1. The molecule has 2 heteroatoms. The summed E-state index contributed by atoms with van der Waals surface area (Å²) in [5.74, 6) is 0.915. The molecule has 1 aromatic heterocycles. The number of hydrogen-bond donors (Lipinski definition) is 0. The van der Waals surface area contributed by atoms with E-state index in [0.717, 1.165) is 66.3 Å². The van der Waals surface area contributed by atoms with Gasteiger partial charge in [-0.25, -0.2) is 4.98 Å². The molecule has 8 rings (SSSR count). The Balaban J connectivity index is 1.43. The second-order valence-electron chi connectivity index (χ2n) is 10.4. The average molecular weight is 542 g/mol. The Morgan fingerprint density at radius 1 is 0.548 bits per heavy atom. The number of benzene rings is 7. The number of imidazole rings is 1. The van der Waals surface area contributed by atoms with Crippen molar-refractivity contribution in [2.75, 3.05) is 0 Å². The SMILES string of the molecule is [2H]c1c([2H])c([2H])c(-c2ccccc2-c2c3ccccc3c(-c3cccc(-n4c(C)nc5ccccc54)c3)c3ccccc23)c([2H])c1[2H]. The van der Waals surface area contributed by atoms with E-state index in [1.807, 2.05) is 73.7 Å². The van der Waals surface area contributed by atoms with Crippen LogP contribution in [0.25, 0.3) is 71.6 Å². The summed E-state index contributed by atoms with van der Waals surface area (Å²) in [6, 6.07) is 39.5. The first-order chi connectivity index (χ1) is 22.8. The predicted molar refractivity (Wildman–Crippen MR) is 177 cm³/mol. The van der Waals surface area contributed by atoms with Crippen molar-refractivity contribution in [1.29, 1.82) is 0 Å². The molecule has 0 atom stereocenters. The molecule has 198 valence electrons. The van der Waals surface area contributed by atoms with Crippen LogP contribution >= 0.6 is 0 Å². The first-order valence-corrected chi connectivity index (χ1v) is 14.0. The predicted octanol–water partition coefficient (Wildman–Crippen LogP) is 10.6. The molecule has 0 N–H and O–H groups in total. The lowest BCUT2D eigenvalue weighted by Crippen LogP contribution is -1.98. The van der Waals surface area contributed by atoms with E-state index in [-0.39, 0.29) is 29.7 Å². The minimum atomic E-state index is -0.400. The van der Waals surface area contributed by atoms with E-state index in [0.29, 0.717) is 5.56 Å². The van der Waals surface area contributed by atoms with Crippen LogP contribution in [0.3, 0.4) is 0 Å². The summed E-state index contributed by atoms with van der Waals surface area (Å²) in [6.45, 7) is 2.03. The Kier molecular flexibility index (Phi) is 4.60. The van der Waals surface area contributed by atoms with Gasteiger partial charge in [-0.05, 0) is 86.1 Å². The van der Waals surface area contributed by atoms with E-state index in [4.69, 9.17) is 11.8 Å². The topological polar surface area (TPSA) is 17.8 Å². The van der Waals surface area contributed by atoms with Gasteiger partial charge in [0.15, 0.2) is 0 Å². The molecule has 0 bridgehead atoms. The molecule has 0 saturated heterocycles. The molecule has 0 unspecified atom stereocenters. The van der Waals surface area contributed by atoms with E-state index in [9.17, 15) is 0 Å². The van der Waals surface area contributed by atoms with Gasteiger partial charge in [-0.1, -0.05) is 127 Å². The second kappa shape index (κ2) is 9.87. The van der Waals surface area contributed by atoms with E-state index < -0.39 is 6.04 Å². The van der Waals surface area contributed by atoms with Crippen LogP contribution in [0.15, 0.2) is 152 Å². The van der Waals surface area contributed by atoms with Crippen molar-refractivity contribution >= 4 is 32.6 Å². The fourth-order valence-corrected chi connectivity index (χ4v) is 6.31. The normalized spacial score (nSPS) is 13.1. The van der Waals surface area contributed by atoms with Gasteiger partial charge < -0.3 is 0 Å². The van der Waals surface area contributed by atoms with Crippen molar-refractivity contribution in [2.24, 2.45) is 0 Å². The molecule has 2 nitrogen and oxygen atoms in total. The molecule has 0 saturated carbocycles. The van der Waals surface area contributed by atoms with E-state index in [1.165, 1.54) is 0 Å². The zero-order valence-corrected chi connectivity index (χ0v) is 22.9. The van der Waals surface area contributed by atoms with E-state index >= 15 is 0 Å². The van der Waals surface area contributed by atoms with E-state index in [2.05, 4.69) is 59.2 Å². The van der Waals surface area contributed by atoms with Crippen LogP contribution in [-0.4, -0.2) is 9.55 Å². The van der Waals surface area contributed by atoms with Crippen LogP contribution < -0.4 is 0 Å². The van der Waals surface area contributed by atoms with Gasteiger partial charge >= 0.3 is 0 Å². The number of para-hydroxylation sites is 2. The summed E-state index contributed by atoms with van der Waals surface area (Å²) in [6.07, 6.45) is 0. The molecule has 42 heavy (non-hydrogen) atoms. The third kappa shape index (κ3) is 3.84. The third-order valence-electron chi connectivity index (χ3n) is 8.02. The van der Waals surface area contributed by atoms with Crippen molar-refractivity contribution in [3.05, 3.63) is 157 Å². The number of rotatable bonds is 4. The van der Waals surface area contributed by atoms with Gasteiger partial charge in [0.05, 0.1) is 17.9 Å². The van der Waals surface area contributed by atoms with E-state index in [1.54, 1.807) is 0 Å². The van der Waals surface area contributed by atoms with Gasteiger partial charge in [-0.15, -0.1) is 0 Å². The van der Waals surface area contributed by atoms with Crippen LogP contribution in [0, 0.1) is 6.92 Å². The Morgan fingerprint density at radius 2 is 1.14 bits per heavy atom.